The highest BCUT2D eigenvalue weighted by Crippen LogP contribution is 2.31. The first-order chi connectivity index (χ1) is 12.8. The number of ether oxygens (including phenoxy) is 3. The second-order valence-electron chi connectivity index (χ2n) is 5.50. The maximum atomic E-state index is 12.2. The molecule has 0 fully saturated rings. The van der Waals surface area contributed by atoms with E-state index in [4.69, 9.17) is 25.8 Å². The molecule has 0 aromatic heterocycles. The van der Waals surface area contributed by atoms with E-state index in [0.29, 0.717) is 11.4 Å². The van der Waals surface area contributed by atoms with Crippen molar-refractivity contribution in [3.05, 3.63) is 51.0 Å². The molecule has 0 aliphatic heterocycles. The summed E-state index contributed by atoms with van der Waals surface area (Å²) in [5.41, 5.74) is 1.49. The summed E-state index contributed by atoms with van der Waals surface area (Å²) >= 11 is 9.58. The van der Waals surface area contributed by atoms with Crippen LogP contribution in [0.25, 0.3) is 0 Å². The SMILES string of the molecule is CCOC(=O)c1cc(Cl)c(NC(=O)COc2ccc(Br)c(C)c2)cc1OC. The lowest BCUT2D eigenvalue weighted by molar-refractivity contribution is -0.118. The first-order valence-electron chi connectivity index (χ1n) is 8.09. The number of benzene rings is 2. The number of carbonyl (C=O) groups is 2. The molecule has 0 spiro atoms. The first-order valence-corrected chi connectivity index (χ1v) is 9.26. The lowest BCUT2D eigenvalue weighted by Crippen LogP contribution is -2.20. The summed E-state index contributed by atoms with van der Waals surface area (Å²) in [5, 5.41) is 2.83. The van der Waals surface area contributed by atoms with Crippen LogP contribution in [0.2, 0.25) is 5.02 Å². The van der Waals surface area contributed by atoms with Gasteiger partial charge in [0, 0.05) is 10.5 Å². The van der Waals surface area contributed by atoms with Crippen molar-refractivity contribution in [1.82, 2.24) is 0 Å². The highest BCUT2D eigenvalue weighted by Gasteiger charge is 2.18. The van der Waals surface area contributed by atoms with Crippen molar-refractivity contribution in [3.8, 4) is 11.5 Å². The van der Waals surface area contributed by atoms with E-state index < -0.39 is 11.9 Å². The molecular weight excluding hydrogens is 438 g/mol. The van der Waals surface area contributed by atoms with Gasteiger partial charge in [-0.1, -0.05) is 27.5 Å². The number of hydrogen-bond donors (Lipinski definition) is 1. The number of halogens is 2. The lowest BCUT2D eigenvalue weighted by Gasteiger charge is -2.13. The molecule has 27 heavy (non-hydrogen) atoms. The van der Waals surface area contributed by atoms with E-state index in [1.165, 1.54) is 19.2 Å². The smallest absolute Gasteiger partial charge is 0.341 e. The third-order valence-corrected chi connectivity index (χ3v) is 4.76. The van der Waals surface area contributed by atoms with Crippen LogP contribution < -0.4 is 14.8 Å². The Morgan fingerprint density at radius 1 is 1.22 bits per heavy atom. The Kier molecular flexibility index (Phi) is 7.50. The van der Waals surface area contributed by atoms with E-state index in [9.17, 15) is 9.59 Å². The van der Waals surface area contributed by atoms with Gasteiger partial charge in [-0.3, -0.25) is 4.79 Å². The van der Waals surface area contributed by atoms with E-state index >= 15 is 0 Å². The Labute approximate surface area is 170 Å². The minimum absolute atomic E-state index is 0.184. The fourth-order valence-corrected chi connectivity index (χ4v) is 2.69. The molecule has 1 amide bonds. The highest BCUT2D eigenvalue weighted by atomic mass is 79.9. The van der Waals surface area contributed by atoms with Gasteiger partial charge in [-0.2, -0.15) is 0 Å². The molecule has 0 saturated carbocycles. The fourth-order valence-electron chi connectivity index (χ4n) is 2.23. The van der Waals surface area contributed by atoms with Gasteiger partial charge in [0.15, 0.2) is 6.61 Å². The zero-order valence-corrected chi connectivity index (χ0v) is 17.4. The number of anilines is 1. The monoisotopic (exact) mass is 455 g/mol. The summed E-state index contributed by atoms with van der Waals surface area (Å²) in [7, 11) is 1.41. The van der Waals surface area contributed by atoms with Crippen molar-refractivity contribution in [2.45, 2.75) is 13.8 Å². The molecule has 0 radical (unpaired) electrons. The maximum Gasteiger partial charge on any atom is 0.341 e. The topological polar surface area (TPSA) is 73.9 Å². The molecule has 0 aliphatic rings. The third kappa shape index (κ3) is 5.61. The number of methoxy groups -OCH3 is 1. The van der Waals surface area contributed by atoms with Crippen LogP contribution in [0, 0.1) is 6.92 Å². The van der Waals surface area contributed by atoms with Gasteiger partial charge in [0.25, 0.3) is 5.91 Å². The molecule has 0 atom stereocenters. The van der Waals surface area contributed by atoms with Gasteiger partial charge in [0.2, 0.25) is 0 Å². The van der Waals surface area contributed by atoms with Crippen LogP contribution >= 0.6 is 27.5 Å². The van der Waals surface area contributed by atoms with Crippen LogP contribution in [0.4, 0.5) is 5.69 Å². The minimum atomic E-state index is -0.553. The second-order valence-corrected chi connectivity index (χ2v) is 6.76. The summed E-state index contributed by atoms with van der Waals surface area (Å²) in [6.45, 7) is 3.66. The average Bonchev–Trinajstić information content (AvgIpc) is 2.64. The molecule has 144 valence electrons. The summed E-state index contributed by atoms with van der Waals surface area (Å²) in [6, 6.07) is 8.29. The average molecular weight is 457 g/mol. The van der Waals surface area contributed by atoms with Crippen LogP contribution in [-0.4, -0.2) is 32.2 Å². The number of rotatable bonds is 7. The Hall–Kier alpha value is -2.25. The number of amides is 1. The summed E-state index contributed by atoms with van der Waals surface area (Å²) < 4.78 is 16.6. The van der Waals surface area contributed by atoms with Gasteiger partial charge in [-0.15, -0.1) is 0 Å². The van der Waals surface area contributed by atoms with Gasteiger partial charge in [-0.05, 0) is 43.7 Å². The van der Waals surface area contributed by atoms with Crippen molar-refractivity contribution in [2.24, 2.45) is 0 Å². The van der Waals surface area contributed by atoms with Crippen LogP contribution in [0.5, 0.6) is 11.5 Å². The van der Waals surface area contributed by atoms with Crippen molar-refractivity contribution in [2.75, 3.05) is 25.6 Å². The molecule has 0 heterocycles. The van der Waals surface area contributed by atoms with Gasteiger partial charge >= 0.3 is 5.97 Å². The molecule has 2 aromatic rings. The number of esters is 1. The molecule has 0 unspecified atom stereocenters. The van der Waals surface area contributed by atoms with Crippen LogP contribution in [-0.2, 0) is 9.53 Å². The Morgan fingerprint density at radius 2 is 1.96 bits per heavy atom. The molecule has 2 aromatic carbocycles. The van der Waals surface area contributed by atoms with Gasteiger partial charge in [0.05, 0.1) is 24.4 Å². The van der Waals surface area contributed by atoms with E-state index in [1.807, 2.05) is 19.1 Å². The van der Waals surface area contributed by atoms with Crippen molar-refractivity contribution >= 4 is 45.1 Å². The van der Waals surface area contributed by atoms with Crippen LogP contribution in [0.1, 0.15) is 22.8 Å². The van der Waals surface area contributed by atoms with Crippen molar-refractivity contribution < 1.29 is 23.8 Å². The quantitative estimate of drug-likeness (QED) is 0.616. The summed E-state index contributed by atoms with van der Waals surface area (Å²) in [6.07, 6.45) is 0. The highest BCUT2D eigenvalue weighted by molar-refractivity contribution is 9.10. The van der Waals surface area contributed by atoms with Gasteiger partial charge in [-0.25, -0.2) is 4.79 Å². The summed E-state index contributed by atoms with van der Waals surface area (Å²) in [5.74, 6) is -0.128. The molecule has 8 heteroatoms. The Balaban J connectivity index is 2.08. The van der Waals surface area contributed by atoms with Gasteiger partial charge in [0.1, 0.15) is 17.1 Å². The van der Waals surface area contributed by atoms with E-state index in [0.717, 1.165) is 10.0 Å². The Bertz CT molecular complexity index is 856. The second kappa shape index (κ2) is 9.62. The molecular formula is C19H19BrClNO5. The zero-order valence-electron chi connectivity index (χ0n) is 15.1. The zero-order chi connectivity index (χ0) is 20.0. The normalized spacial score (nSPS) is 10.3. The van der Waals surface area contributed by atoms with Crippen molar-refractivity contribution in [1.29, 1.82) is 0 Å². The summed E-state index contributed by atoms with van der Waals surface area (Å²) in [4.78, 5) is 24.1. The molecule has 0 saturated heterocycles. The molecule has 0 bridgehead atoms. The number of carbonyl (C=O) groups excluding carboxylic acids is 2. The Morgan fingerprint density at radius 3 is 2.59 bits per heavy atom. The number of aryl methyl sites for hydroxylation is 1. The van der Waals surface area contributed by atoms with Crippen molar-refractivity contribution in [3.63, 3.8) is 0 Å². The lowest BCUT2D eigenvalue weighted by atomic mass is 10.1. The van der Waals surface area contributed by atoms with Crippen LogP contribution in [0.3, 0.4) is 0 Å². The van der Waals surface area contributed by atoms with E-state index in [1.54, 1.807) is 13.0 Å². The standard InChI is InChI=1S/C19H19BrClNO5/c1-4-26-19(24)13-8-15(21)16(9-17(13)25-3)22-18(23)10-27-12-5-6-14(20)11(2)7-12/h5-9H,4,10H2,1-3H3,(H,22,23). The molecule has 2 rings (SSSR count). The fraction of sp³-hybridized carbons (Fsp3) is 0.263. The van der Waals surface area contributed by atoms with Crippen LogP contribution in [0.15, 0.2) is 34.8 Å². The number of nitrogens with one attached hydrogen (secondary N) is 1. The number of hydrogen-bond acceptors (Lipinski definition) is 5. The molecule has 0 aliphatic carbocycles. The van der Waals surface area contributed by atoms with Gasteiger partial charge < -0.3 is 19.5 Å². The largest absolute Gasteiger partial charge is 0.496 e. The predicted octanol–water partition coefficient (Wildman–Crippen LogP) is 4.61. The minimum Gasteiger partial charge on any atom is -0.496 e. The van der Waals surface area contributed by atoms with E-state index in [2.05, 4.69) is 21.2 Å². The third-order valence-electron chi connectivity index (χ3n) is 3.56. The molecule has 1 N–H and O–H groups in total. The molecule has 6 nitrogen and oxygen atoms in total. The first kappa shape index (κ1) is 21.1. The van der Waals surface area contributed by atoms with E-state index in [-0.39, 0.29) is 29.5 Å². The predicted molar refractivity (Wildman–Crippen MR) is 107 cm³/mol. The maximum absolute atomic E-state index is 12.2.